The first-order valence-electron chi connectivity index (χ1n) is 19.8. The van der Waals surface area contributed by atoms with Crippen LogP contribution in [0.5, 0.6) is 0 Å². The van der Waals surface area contributed by atoms with Gasteiger partial charge in [-0.1, -0.05) is 93.0 Å². The van der Waals surface area contributed by atoms with E-state index >= 15 is 0 Å². The van der Waals surface area contributed by atoms with Crippen molar-refractivity contribution >= 4 is 52.1 Å². The number of hydrogen-bond acceptors (Lipinski definition) is 10. The third-order valence-electron chi connectivity index (χ3n) is 8.55. The van der Waals surface area contributed by atoms with E-state index in [1.54, 1.807) is 31.0 Å². The lowest BCUT2D eigenvalue weighted by Gasteiger charge is -2.31. The number of aromatic nitrogens is 4. The van der Waals surface area contributed by atoms with Crippen molar-refractivity contribution in [2.75, 3.05) is 47.0 Å². The molecule has 57 heavy (non-hydrogen) atoms. The molecule has 2 unspecified atom stereocenters. The maximum absolute atomic E-state index is 11.1. The molecule has 0 aliphatic carbocycles. The quantitative estimate of drug-likeness (QED) is 0.0703. The van der Waals surface area contributed by atoms with Gasteiger partial charge in [0.15, 0.2) is 0 Å². The summed E-state index contributed by atoms with van der Waals surface area (Å²) < 4.78 is 0. The minimum absolute atomic E-state index is 0.0301. The first kappa shape index (κ1) is 48.2. The summed E-state index contributed by atoms with van der Waals surface area (Å²) in [5.41, 5.74) is 12.0. The van der Waals surface area contributed by atoms with Crippen LogP contribution in [0, 0.1) is 23.7 Å². The molecule has 4 aromatic rings. The number of carbonyl (C=O) groups is 2. The zero-order valence-electron chi connectivity index (χ0n) is 35.5. The van der Waals surface area contributed by atoms with Gasteiger partial charge < -0.3 is 31.1 Å². The number of carboxylic acid groups (broad SMARTS) is 2. The molecule has 0 spiro atoms. The van der Waals surface area contributed by atoms with E-state index < -0.39 is 11.9 Å². The van der Waals surface area contributed by atoms with Crippen LogP contribution in [-0.4, -0.2) is 68.3 Å². The van der Waals surface area contributed by atoms with Gasteiger partial charge in [-0.3, -0.25) is 19.6 Å². The maximum Gasteiger partial charge on any atom is 0.303 e. The van der Waals surface area contributed by atoms with Crippen molar-refractivity contribution < 1.29 is 19.8 Å². The number of nitrogens with one attached hydrogen (secondary N) is 1. The van der Waals surface area contributed by atoms with Crippen molar-refractivity contribution in [3.8, 4) is 0 Å². The van der Waals surface area contributed by atoms with Gasteiger partial charge in [0, 0.05) is 51.0 Å². The van der Waals surface area contributed by atoms with Gasteiger partial charge in [0.1, 0.15) is 11.0 Å². The fraction of sp³-hybridized carbons (Fsp3) is 0.500. The molecule has 312 valence electrons. The lowest BCUT2D eigenvalue weighted by atomic mass is 9.96. The number of nitrogens with zero attached hydrogens (tertiary/aromatic N) is 6. The summed E-state index contributed by atoms with van der Waals surface area (Å²) in [6, 6.07) is 12.2. The highest BCUT2D eigenvalue weighted by atomic mass is 35.5. The van der Waals surface area contributed by atoms with Crippen LogP contribution in [0.2, 0.25) is 5.15 Å². The van der Waals surface area contributed by atoms with E-state index in [0.717, 1.165) is 60.1 Å². The Morgan fingerprint density at radius 1 is 0.649 bits per heavy atom. The van der Waals surface area contributed by atoms with Gasteiger partial charge in [-0.25, -0.2) is 9.97 Å². The number of halogens is 1. The second kappa shape index (κ2) is 24.6. The predicted octanol–water partition coefficient (Wildman–Crippen LogP) is 10.0. The number of nitrogens with two attached hydrogens (primary N) is 1. The van der Waals surface area contributed by atoms with Crippen molar-refractivity contribution in [2.45, 2.75) is 93.9 Å². The van der Waals surface area contributed by atoms with E-state index in [1.807, 2.05) is 44.2 Å². The first-order valence-corrected chi connectivity index (χ1v) is 20.1. The van der Waals surface area contributed by atoms with Crippen LogP contribution < -0.4 is 20.9 Å². The molecule has 12 nitrogen and oxygen atoms in total. The van der Waals surface area contributed by atoms with E-state index in [4.69, 9.17) is 27.5 Å². The topological polar surface area (TPSA) is 171 Å². The van der Waals surface area contributed by atoms with Crippen molar-refractivity contribution in [3.63, 3.8) is 0 Å². The Labute approximate surface area is 345 Å². The Morgan fingerprint density at radius 3 is 1.46 bits per heavy atom. The molecular weight excluding hydrogens is 740 g/mol. The minimum atomic E-state index is -0.791. The van der Waals surface area contributed by atoms with Crippen molar-refractivity contribution in [1.29, 1.82) is 0 Å². The van der Waals surface area contributed by atoms with Gasteiger partial charge in [-0.2, -0.15) is 0 Å². The minimum Gasteiger partial charge on any atom is -0.481 e. The SMILES string of the molecule is CC(C)CN(CC(C)C)c1ccc(C(C)CC(=O)O)cc1N.CC(C)CN(CC(C)C)c1ccc(C(C)CC(=O)O)cc1Nc1cnccn1.Clc1cnccn1. The third kappa shape index (κ3) is 18.7. The number of hydrogen-bond donors (Lipinski definition) is 4. The molecule has 0 amide bonds. The molecule has 0 aliphatic rings. The molecule has 0 aliphatic heterocycles. The van der Waals surface area contributed by atoms with E-state index in [0.29, 0.717) is 34.6 Å². The zero-order valence-corrected chi connectivity index (χ0v) is 36.2. The molecule has 13 heteroatoms. The number of anilines is 5. The average Bonchev–Trinajstić information content (AvgIpc) is 3.11. The van der Waals surface area contributed by atoms with Crippen LogP contribution in [0.3, 0.4) is 0 Å². The Morgan fingerprint density at radius 2 is 1.09 bits per heavy atom. The summed E-state index contributed by atoms with van der Waals surface area (Å²) in [6.07, 6.45) is 9.81. The summed E-state index contributed by atoms with van der Waals surface area (Å²) in [5.74, 6) is 1.16. The van der Waals surface area contributed by atoms with Gasteiger partial charge in [0.2, 0.25) is 0 Å². The summed E-state index contributed by atoms with van der Waals surface area (Å²) in [6.45, 7) is 25.3. The van der Waals surface area contributed by atoms with Crippen LogP contribution in [0.25, 0.3) is 0 Å². The summed E-state index contributed by atoms with van der Waals surface area (Å²) in [4.78, 5) is 42.5. The van der Waals surface area contributed by atoms with Crippen LogP contribution in [0.1, 0.15) is 105 Å². The Kier molecular flexibility index (Phi) is 20.8. The molecule has 0 fully saturated rings. The number of carboxylic acids is 2. The lowest BCUT2D eigenvalue weighted by Crippen LogP contribution is -2.31. The monoisotopic (exact) mass is 804 g/mol. The van der Waals surface area contributed by atoms with Crippen LogP contribution in [0.4, 0.5) is 28.6 Å². The second-order valence-corrected chi connectivity index (χ2v) is 16.6. The zero-order chi connectivity index (χ0) is 42.7. The smallest absolute Gasteiger partial charge is 0.303 e. The van der Waals surface area contributed by atoms with Crippen LogP contribution in [0.15, 0.2) is 73.6 Å². The Bertz CT molecular complexity index is 1760. The van der Waals surface area contributed by atoms with E-state index in [-0.39, 0.29) is 24.7 Å². The molecule has 0 saturated heterocycles. The van der Waals surface area contributed by atoms with E-state index in [2.05, 4.69) is 96.5 Å². The maximum atomic E-state index is 11.1. The molecule has 0 radical (unpaired) electrons. The van der Waals surface area contributed by atoms with Gasteiger partial charge in [0.05, 0.1) is 48.0 Å². The first-order chi connectivity index (χ1) is 26.9. The average molecular weight is 806 g/mol. The largest absolute Gasteiger partial charge is 0.481 e. The van der Waals surface area contributed by atoms with Crippen molar-refractivity contribution in [2.24, 2.45) is 23.7 Å². The third-order valence-corrected chi connectivity index (χ3v) is 8.75. The Hall–Kier alpha value is -4.97. The van der Waals surface area contributed by atoms with Gasteiger partial charge in [-0.15, -0.1) is 0 Å². The fourth-order valence-electron chi connectivity index (χ4n) is 6.25. The summed E-state index contributed by atoms with van der Waals surface area (Å²) in [5, 5.41) is 21.9. The summed E-state index contributed by atoms with van der Waals surface area (Å²) in [7, 11) is 0. The van der Waals surface area contributed by atoms with Crippen molar-refractivity contribution in [3.05, 3.63) is 89.9 Å². The number of benzene rings is 2. The lowest BCUT2D eigenvalue weighted by molar-refractivity contribution is -0.138. The highest BCUT2D eigenvalue weighted by Gasteiger charge is 2.19. The van der Waals surface area contributed by atoms with E-state index in [9.17, 15) is 9.59 Å². The highest BCUT2D eigenvalue weighted by Crippen LogP contribution is 2.34. The van der Waals surface area contributed by atoms with Crippen molar-refractivity contribution in [1.82, 2.24) is 19.9 Å². The van der Waals surface area contributed by atoms with Crippen LogP contribution in [-0.2, 0) is 9.59 Å². The molecule has 5 N–H and O–H groups in total. The molecule has 2 heterocycles. The van der Waals surface area contributed by atoms with Gasteiger partial charge in [0.25, 0.3) is 0 Å². The van der Waals surface area contributed by atoms with Gasteiger partial charge >= 0.3 is 11.9 Å². The number of nitrogen functional groups attached to an aromatic ring is 1. The second-order valence-electron chi connectivity index (χ2n) is 16.2. The molecule has 4 rings (SSSR count). The standard InChI is InChI=1S/C22H32N4O2.C18H30N2O2.C4H3ClN2/c1-15(2)13-26(14-16(3)4)20-7-6-18(17(5)10-22(27)28)11-19(20)25-21-12-23-8-9-24-21;1-12(2)10-20(11-13(3)4)17-7-6-15(9-16(17)19)14(5)8-18(21)22;5-4-3-6-1-2-7-4/h6-9,11-12,15-17H,10,13-14H2,1-5H3,(H,24,25)(H,27,28);6-7,9,12-14H,8,10-11,19H2,1-5H3,(H,21,22);1-3H. The molecular formula is C44H65ClN8O4. The number of aliphatic carboxylic acids is 2. The molecule has 2 aromatic heterocycles. The Balaban J connectivity index is 0.000000342. The fourth-order valence-corrected chi connectivity index (χ4v) is 6.36. The van der Waals surface area contributed by atoms with Gasteiger partial charge in [-0.05, 0) is 70.9 Å². The molecule has 2 atom stereocenters. The predicted molar refractivity (Wildman–Crippen MR) is 235 cm³/mol. The normalized spacial score (nSPS) is 12.0. The molecule has 0 saturated carbocycles. The van der Waals surface area contributed by atoms with Crippen LogP contribution >= 0.6 is 11.6 Å². The number of rotatable bonds is 18. The molecule has 0 bridgehead atoms. The summed E-state index contributed by atoms with van der Waals surface area (Å²) >= 11 is 5.37. The molecule has 2 aromatic carbocycles. The van der Waals surface area contributed by atoms with E-state index in [1.165, 1.54) is 6.20 Å². The highest BCUT2D eigenvalue weighted by molar-refractivity contribution is 6.29.